The summed E-state index contributed by atoms with van der Waals surface area (Å²) in [6.45, 7) is 6.46. The molecule has 2 aromatic carbocycles. The van der Waals surface area contributed by atoms with Crippen LogP contribution >= 0.6 is 23.8 Å². The van der Waals surface area contributed by atoms with Crippen molar-refractivity contribution in [2.75, 3.05) is 0 Å². The maximum absolute atomic E-state index is 12.5. The number of aromatic nitrogens is 1. The third-order valence-corrected chi connectivity index (χ3v) is 5.22. The second-order valence-corrected chi connectivity index (χ2v) is 8.46. The summed E-state index contributed by atoms with van der Waals surface area (Å²) >= 11 is 11.6. The van der Waals surface area contributed by atoms with Crippen LogP contribution in [0.2, 0.25) is 5.02 Å². The molecule has 0 bridgehead atoms. The highest BCUT2D eigenvalue weighted by Crippen LogP contribution is 2.22. The molecule has 0 aliphatic rings. The lowest BCUT2D eigenvalue weighted by atomic mass is 9.86. The lowest BCUT2D eigenvalue weighted by Crippen LogP contribution is -2.11. The third kappa shape index (κ3) is 4.67. The summed E-state index contributed by atoms with van der Waals surface area (Å²) in [5.41, 5.74) is 3.67. The molecule has 142 valence electrons. The van der Waals surface area contributed by atoms with Gasteiger partial charge in [-0.15, -0.1) is 0 Å². The first-order chi connectivity index (χ1) is 13.3. The summed E-state index contributed by atoms with van der Waals surface area (Å²) in [4.78, 5) is 12.5. The Bertz CT molecular complexity index is 1070. The predicted octanol–water partition coefficient (Wildman–Crippen LogP) is 7.05. The molecule has 2 nitrogen and oxygen atoms in total. The fraction of sp³-hybridized carbons (Fsp3) is 0.167. The molecule has 0 radical (unpaired) electrons. The van der Waals surface area contributed by atoms with Crippen LogP contribution in [0.1, 0.15) is 42.3 Å². The first-order valence-corrected chi connectivity index (χ1v) is 9.85. The zero-order chi connectivity index (χ0) is 20.3. The van der Waals surface area contributed by atoms with Gasteiger partial charge in [0, 0.05) is 28.0 Å². The largest absolute Gasteiger partial charge is 0.308 e. The van der Waals surface area contributed by atoms with E-state index in [0.717, 1.165) is 11.3 Å². The predicted molar refractivity (Wildman–Crippen MR) is 120 cm³/mol. The Kier molecular flexibility index (Phi) is 5.97. The van der Waals surface area contributed by atoms with E-state index in [4.69, 9.17) is 23.8 Å². The zero-order valence-corrected chi connectivity index (χ0v) is 17.7. The van der Waals surface area contributed by atoms with Crippen molar-refractivity contribution < 1.29 is 4.79 Å². The molecule has 4 heteroatoms. The molecule has 0 N–H and O–H groups in total. The summed E-state index contributed by atoms with van der Waals surface area (Å²) in [7, 11) is 0. The van der Waals surface area contributed by atoms with Crippen molar-refractivity contribution >= 4 is 35.7 Å². The number of ketones is 1. The normalized spacial score (nSPS) is 11.7. The molecule has 0 aliphatic heterocycles. The Hall–Kier alpha value is -2.49. The Morgan fingerprint density at radius 2 is 1.64 bits per heavy atom. The monoisotopic (exact) mass is 407 g/mol. The summed E-state index contributed by atoms with van der Waals surface area (Å²) < 4.78 is 2.53. The minimum atomic E-state index is -0.0447. The molecule has 1 aromatic heterocycles. The van der Waals surface area contributed by atoms with Crippen molar-refractivity contribution in [3.05, 3.63) is 99.3 Å². The van der Waals surface area contributed by atoms with Crippen molar-refractivity contribution in [1.82, 2.24) is 4.57 Å². The highest BCUT2D eigenvalue weighted by Gasteiger charge is 2.13. The number of hydrogen-bond acceptors (Lipinski definition) is 2. The zero-order valence-electron chi connectivity index (χ0n) is 16.1. The van der Waals surface area contributed by atoms with E-state index in [2.05, 4.69) is 20.8 Å². The number of carbonyl (C=O) groups is 1. The van der Waals surface area contributed by atoms with E-state index in [1.807, 2.05) is 71.4 Å². The quantitative estimate of drug-likeness (QED) is 0.262. The number of allylic oxidation sites excluding steroid dienone is 1. The van der Waals surface area contributed by atoms with Gasteiger partial charge in [0.05, 0.1) is 0 Å². The van der Waals surface area contributed by atoms with Gasteiger partial charge >= 0.3 is 0 Å². The molecule has 28 heavy (non-hydrogen) atoms. The molecule has 1 heterocycles. The number of rotatable bonds is 4. The van der Waals surface area contributed by atoms with Gasteiger partial charge in [-0.2, -0.15) is 0 Å². The minimum absolute atomic E-state index is 0.0447. The van der Waals surface area contributed by atoms with Crippen LogP contribution in [0.15, 0.2) is 72.9 Å². The molecule has 0 saturated heterocycles. The molecule has 0 fully saturated rings. The molecular weight excluding hydrogens is 386 g/mol. The summed E-state index contributed by atoms with van der Waals surface area (Å²) in [5, 5.41) is 0.675. The van der Waals surface area contributed by atoms with E-state index < -0.39 is 0 Å². The van der Waals surface area contributed by atoms with Crippen LogP contribution in [0.25, 0.3) is 11.8 Å². The molecule has 0 amide bonds. The van der Waals surface area contributed by atoms with Crippen molar-refractivity contribution in [3.63, 3.8) is 0 Å². The van der Waals surface area contributed by atoms with Gasteiger partial charge in [0.2, 0.25) is 0 Å². The molecule has 3 rings (SSSR count). The van der Waals surface area contributed by atoms with Crippen molar-refractivity contribution in [1.29, 1.82) is 0 Å². The smallest absolute Gasteiger partial charge is 0.185 e. The second kappa shape index (κ2) is 8.26. The van der Waals surface area contributed by atoms with Gasteiger partial charge in [-0.3, -0.25) is 4.79 Å². The van der Waals surface area contributed by atoms with Gasteiger partial charge in [-0.1, -0.05) is 74.9 Å². The topological polar surface area (TPSA) is 22.0 Å². The van der Waals surface area contributed by atoms with Crippen LogP contribution in [0.5, 0.6) is 0 Å². The molecule has 0 spiro atoms. The average Bonchev–Trinajstić information content (AvgIpc) is 2.67. The van der Waals surface area contributed by atoms with Crippen LogP contribution < -0.4 is 0 Å². The van der Waals surface area contributed by atoms with Crippen LogP contribution in [0.4, 0.5) is 0 Å². The van der Waals surface area contributed by atoms with Crippen LogP contribution in [-0.4, -0.2) is 10.4 Å². The fourth-order valence-corrected chi connectivity index (χ4v) is 3.27. The van der Waals surface area contributed by atoms with Gasteiger partial charge in [0.15, 0.2) is 5.78 Å². The summed E-state index contributed by atoms with van der Waals surface area (Å²) in [5.74, 6) is -0.0447. The van der Waals surface area contributed by atoms with Crippen LogP contribution in [0, 0.1) is 4.64 Å². The van der Waals surface area contributed by atoms with E-state index in [0.29, 0.717) is 15.2 Å². The van der Waals surface area contributed by atoms with E-state index >= 15 is 0 Å². The lowest BCUT2D eigenvalue weighted by molar-refractivity contribution is 0.104. The number of carbonyl (C=O) groups excluding carboxylic acids is 1. The van der Waals surface area contributed by atoms with E-state index in [-0.39, 0.29) is 11.2 Å². The minimum Gasteiger partial charge on any atom is -0.308 e. The van der Waals surface area contributed by atoms with Gasteiger partial charge in [-0.25, -0.2) is 0 Å². The Labute approximate surface area is 176 Å². The molecule has 0 saturated carbocycles. The number of nitrogens with zero attached hydrogens (tertiary/aromatic N) is 1. The maximum Gasteiger partial charge on any atom is 0.185 e. The van der Waals surface area contributed by atoms with Crippen molar-refractivity contribution in [2.45, 2.75) is 26.2 Å². The highest BCUT2D eigenvalue weighted by molar-refractivity contribution is 7.71. The number of halogens is 1. The number of hydrogen-bond donors (Lipinski definition) is 0. The van der Waals surface area contributed by atoms with E-state index in [1.54, 1.807) is 12.2 Å². The molecule has 0 unspecified atom stereocenters. The SMILES string of the molecule is CC(C)(C)c1ccc(C(=O)/C=C/c2cccn(-c3ccc(Cl)cc3)c2=S)cc1. The Morgan fingerprint density at radius 3 is 2.25 bits per heavy atom. The summed E-state index contributed by atoms with van der Waals surface area (Å²) in [6.07, 6.45) is 5.24. The number of pyridine rings is 1. The lowest BCUT2D eigenvalue weighted by Gasteiger charge is -2.18. The third-order valence-electron chi connectivity index (χ3n) is 4.53. The Balaban J connectivity index is 1.84. The fourth-order valence-electron chi connectivity index (χ4n) is 2.84. The summed E-state index contributed by atoms with van der Waals surface area (Å²) in [6, 6.07) is 19.1. The number of benzene rings is 2. The van der Waals surface area contributed by atoms with Crippen molar-refractivity contribution in [2.24, 2.45) is 0 Å². The van der Waals surface area contributed by atoms with Gasteiger partial charge in [0.25, 0.3) is 0 Å². The maximum atomic E-state index is 12.5. The standard InChI is InChI=1S/C24H22ClNOS/c1-24(2,3)19-9-6-17(7-10-19)22(27)15-8-18-5-4-16-26(23(18)28)21-13-11-20(25)12-14-21/h4-16H,1-3H3/b15-8+. The van der Waals surface area contributed by atoms with E-state index in [9.17, 15) is 4.79 Å². The van der Waals surface area contributed by atoms with E-state index in [1.165, 1.54) is 5.56 Å². The first-order valence-electron chi connectivity index (χ1n) is 9.06. The van der Waals surface area contributed by atoms with Crippen molar-refractivity contribution in [3.8, 4) is 5.69 Å². The molecule has 0 aliphatic carbocycles. The first kappa shape index (κ1) is 20.2. The van der Waals surface area contributed by atoms with Crippen LogP contribution in [0.3, 0.4) is 0 Å². The van der Waals surface area contributed by atoms with Gasteiger partial charge in [0.1, 0.15) is 4.64 Å². The average molecular weight is 408 g/mol. The Morgan fingerprint density at radius 1 is 1.00 bits per heavy atom. The highest BCUT2D eigenvalue weighted by atomic mass is 35.5. The second-order valence-electron chi connectivity index (χ2n) is 7.64. The molecular formula is C24H22ClNOS. The van der Waals surface area contributed by atoms with Gasteiger partial charge in [-0.05, 0) is 53.5 Å². The molecule has 0 atom stereocenters. The molecule has 3 aromatic rings. The van der Waals surface area contributed by atoms with Crippen LogP contribution in [-0.2, 0) is 5.41 Å². The van der Waals surface area contributed by atoms with Gasteiger partial charge < -0.3 is 4.57 Å².